The Morgan fingerprint density at radius 3 is 2.50 bits per heavy atom. The highest BCUT2D eigenvalue weighted by Crippen LogP contribution is 2.34. The van der Waals surface area contributed by atoms with Crippen LogP contribution >= 0.6 is 11.8 Å². The van der Waals surface area contributed by atoms with Gasteiger partial charge in [-0.2, -0.15) is 0 Å². The van der Waals surface area contributed by atoms with Crippen LogP contribution in [0, 0.1) is 10.1 Å². The van der Waals surface area contributed by atoms with Gasteiger partial charge in [-0.1, -0.05) is 0 Å². The molecule has 2 N–H and O–H groups in total. The van der Waals surface area contributed by atoms with Gasteiger partial charge >= 0.3 is 0 Å². The molecule has 1 fully saturated rings. The van der Waals surface area contributed by atoms with Crippen molar-refractivity contribution < 1.29 is 4.92 Å². The average Bonchev–Trinajstić information content (AvgIpc) is 3.21. The number of nitro benzene ring substituents is 1. The minimum absolute atomic E-state index is 0.122. The Balaban J connectivity index is 1.45. The zero-order valence-corrected chi connectivity index (χ0v) is 16.5. The first kappa shape index (κ1) is 18.9. The molecule has 1 aromatic carbocycles. The molecule has 0 spiro atoms. The predicted octanol–water partition coefficient (Wildman–Crippen LogP) is 2.25. The molecule has 2 aliphatic rings. The van der Waals surface area contributed by atoms with E-state index in [2.05, 4.69) is 9.80 Å². The monoisotopic (exact) mass is 400 g/mol. The molecule has 0 bridgehead atoms. The van der Waals surface area contributed by atoms with Gasteiger partial charge in [0.25, 0.3) is 5.69 Å². The van der Waals surface area contributed by atoms with E-state index in [0.29, 0.717) is 6.54 Å². The van der Waals surface area contributed by atoms with Crippen LogP contribution in [0.15, 0.2) is 29.2 Å². The fraction of sp³-hybridized carbons (Fsp3) is 0.474. The second-order valence-electron chi connectivity index (χ2n) is 6.98. The summed E-state index contributed by atoms with van der Waals surface area (Å²) in [5.74, 6) is 1.91. The summed E-state index contributed by atoms with van der Waals surface area (Å²) in [5, 5.41) is 10.8. The van der Waals surface area contributed by atoms with Gasteiger partial charge in [-0.15, -0.1) is 11.8 Å². The first-order valence-electron chi connectivity index (χ1n) is 9.62. The van der Waals surface area contributed by atoms with Crippen LogP contribution in [0.5, 0.6) is 0 Å². The highest BCUT2D eigenvalue weighted by molar-refractivity contribution is 7.99. The summed E-state index contributed by atoms with van der Waals surface area (Å²) in [4.78, 5) is 25.9. The van der Waals surface area contributed by atoms with Crippen molar-refractivity contribution in [2.45, 2.75) is 24.2 Å². The Morgan fingerprint density at radius 1 is 1.11 bits per heavy atom. The number of non-ortho nitro benzene ring substituents is 1. The fourth-order valence-corrected chi connectivity index (χ4v) is 4.78. The van der Waals surface area contributed by atoms with E-state index >= 15 is 0 Å². The average molecular weight is 401 g/mol. The first-order valence-corrected chi connectivity index (χ1v) is 10.6. The van der Waals surface area contributed by atoms with Gasteiger partial charge in [0.2, 0.25) is 5.95 Å². The number of aromatic nitrogens is 2. The number of aryl methyl sites for hydroxylation is 2. The Morgan fingerprint density at radius 2 is 1.82 bits per heavy atom. The van der Waals surface area contributed by atoms with Crippen LogP contribution in [0.25, 0.3) is 0 Å². The maximum absolute atomic E-state index is 10.8. The van der Waals surface area contributed by atoms with Crippen molar-refractivity contribution in [3.8, 4) is 0 Å². The molecule has 1 saturated heterocycles. The molecule has 28 heavy (non-hydrogen) atoms. The van der Waals surface area contributed by atoms with Gasteiger partial charge in [-0.05, 0) is 31.5 Å². The number of hydrogen-bond acceptors (Lipinski definition) is 8. The van der Waals surface area contributed by atoms with E-state index in [9.17, 15) is 10.1 Å². The lowest BCUT2D eigenvalue weighted by Crippen LogP contribution is -2.47. The second kappa shape index (κ2) is 8.32. The van der Waals surface area contributed by atoms with Crippen LogP contribution in [0.2, 0.25) is 0 Å². The molecule has 148 valence electrons. The molecular formula is C19H24N6O2S. The fourth-order valence-electron chi connectivity index (χ4n) is 3.65. The van der Waals surface area contributed by atoms with E-state index in [1.54, 1.807) is 12.1 Å². The highest BCUT2D eigenvalue weighted by atomic mass is 32.2. The van der Waals surface area contributed by atoms with E-state index in [1.807, 2.05) is 23.9 Å². The number of hydrogen-bond donors (Lipinski definition) is 1. The quantitative estimate of drug-likeness (QED) is 0.582. The second-order valence-corrected chi connectivity index (χ2v) is 8.09. The molecule has 4 rings (SSSR count). The minimum Gasteiger partial charge on any atom is -0.368 e. The number of nitro groups is 1. The van der Waals surface area contributed by atoms with Gasteiger partial charge in [0.1, 0.15) is 0 Å². The van der Waals surface area contributed by atoms with Crippen molar-refractivity contribution in [1.29, 1.82) is 0 Å². The van der Waals surface area contributed by atoms with Crippen LogP contribution in [0.4, 0.5) is 17.3 Å². The molecule has 2 aromatic rings. The molecule has 2 aliphatic heterocycles. The molecule has 9 heteroatoms. The van der Waals surface area contributed by atoms with E-state index in [-0.39, 0.29) is 10.6 Å². The minimum atomic E-state index is -0.368. The van der Waals surface area contributed by atoms with Crippen LogP contribution < -0.4 is 15.5 Å². The maximum atomic E-state index is 10.8. The number of thioether (sulfide) groups is 1. The standard InChI is InChI=1S/C19H24N6O2S/c20-8-1-2-16-18-17(7-13-28-18)22-19(21-16)24-11-9-23(10-12-24)14-3-5-15(6-4-14)25(26)27/h3-6H,1-2,7-13,20H2. The molecule has 0 amide bonds. The lowest BCUT2D eigenvalue weighted by atomic mass is 10.2. The molecule has 0 unspecified atom stereocenters. The van der Waals surface area contributed by atoms with Crippen molar-refractivity contribution >= 4 is 29.1 Å². The van der Waals surface area contributed by atoms with Gasteiger partial charge in [0.05, 0.1) is 21.2 Å². The number of rotatable bonds is 6. The van der Waals surface area contributed by atoms with Crippen molar-refractivity contribution in [2.24, 2.45) is 5.73 Å². The van der Waals surface area contributed by atoms with Crippen LogP contribution in [0.1, 0.15) is 17.8 Å². The van der Waals surface area contributed by atoms with Gasteiger partial charge in [0.15, 0.2) is 0 Å². The van der Waals surface area contributed by atoms with E-state index in [1.165, 1.54) is 10.6 Å². The lowest BCUT2D eigenvalue weighted by Gasteiger charge is -2.36. The van der Waals surface area contributed by atoms with Crippen molar-refractivity contribution in [2.75, 3.05) is 48.3 Å². The Labute approximate surface area is 168 Å². The third-order valence-corrected chi connectivity index (χ3v) is 6.35. The summed E-state index contributed by atoms with van der Waals surface area (Å²) in [5.41, 5.74) is 9.16. The molecule has 3 heterocycles. The third-order valence-electron chi connectivity index (χ3n) is 5.19. The van der Waals surface area contributed by atoms with Gasteiger partial charge in [-0.25, -0.2) is 9.97 Å². The van der Waals surface area contributed by atoms with E-state index < -0.39 is 0 Å². The number of anilines is 2. The largest absolute Gasteiger partial charge is 0.368 e. The zero-order chi connectivity index (χ0) is 19.5. The summed E-state index contributed by atoms with van der Waals surface area (Å²) in [7, 11) is 0. The molecule has 1 aromatic heterocycles. The van der Waals surface area contributed by atoms with Crippen molar-refractivity contribution in [3.63, 3.8) is 0 Å². The number of nitrogens with zero attached hydrogens (tertiary/aromatic N) is 5. The SMILES string of the molecule is NCCCc1nc(N2CCN(c3ccc([N+](=O)[O-])cc3)CC2)nc2c1SCC2. The maximum Gasteiger partial charge on any atom is 0.269 e. The zero-order valence-electron chi connectivity index (χ0n) is 15.7. The number of nitrogens with two attached hydrogens (primary N) is 1. The summed E-state index contributed by atoms with van der Waals surface area (Å²) >= 11 is 1.86. The molecule has 0 saturated carbocycles. The summed E-state index contributed by atoms with van der Waals surface area (Å²) in [6.45, 7) is 4.02. The molecule has 8 nitrogen and oxygen atoms in total. The van der Waals surface area contributed by atoms with E-state index in [0.717, 1.165) is 68.5 Å². The van der Waals surface area contributed by atoms with Crippen LogP contribution in [-0.2, 0) is 12.8 Å². The normalized spacial score (nSPS) is 16.3. The lowest BCUT2D eigenvalue weighted by molar-refractivity contribution is -0.384. The molecular weight excluding hydrogens is 376 g/mol. The van der Waals surface area contributed by atoms with Crippen molar-refractivity contribution in [3.05, 3.63) is 45.8 Å². The van der Waals surface area contributed by atoms with Crippen molar-refractivity contribution in [1.82, 2.24) is 9.97 Å². The number of benzene rings is 1. The molecule has 0 radical (unpaired) electrons. The molecule has 0 atom stereocenters. The Hall–Kier alpha value is -2.39. The Bertz CT molecular complexity index is 852. The van der Waals surface area contributed by atoms with Crippen LogP contribution in [-0.4, -0.2) is 53.4 Å². The predicted molar refractivity (Wildman–Crippen MR) is 111 cm³/mol. The number of fused-ring (bicyclic) bond motifs is 1. The smallest absolute Gasteiger partial charge is 0.269 e. The molecule has 0 aliphatic carbocycles. The first-order chi connectivity index (χ1) is 13.7. The topological polar surface area (TPSA) is 101 Å². The van der Waals surface area contributed by atoms with Gasteiger partial charge in [0, 0.05) is 56.2 Å². The number of piperazine rings is 1. The summed E-state index contributed by atoms with van der Waals surface area (Å²) in [6, 6.07) is 6.77. The third kappa shape index (κ3) is 3.90. The van der Waals surface area contributed by atoms with Gasteiger partial charge < -0.3 is 15.5 Å². The van der Waals surface area contributed by atoms with Gasteiger partial charge in [-0.3, -0.25) is 10.1 Å². The van der Waals surface area contributed by atoms with Crippen LogP contribution in [0.3, 0.4) is 0 Å². The van der Waals surface area contributed by atoms with E-state index in [4.69, 9.17) is 15.7 Å². The summed E-state index contributed by atoms with van der Waals surface area (Å²) in [6.07, 6.45) is 2.86. The highest BCUT2D eigenvalue weighted by Gasteiger charge is 2.24. The Kier molecular flexibility index (Phi) is 5.63. The summed E-state index contributed by atoms with van der Waals surface area (Å²) < 4.78 is 0.